The van der Waals surface area contributed by atoms with Gasteiger partial charge in [0.05, 0.1) is 6.42 Å². The highest BCUT2D eigenvalue weighted by atomic mass is 32.1. The van der Waals surface area contributed by atoms with E-state index in [-0.39, 0.29) is 30.9 Å². The molecule has 4 nitrogen and oxygen atoms in total. The van der Waals surface area contributed by atoms with Gasteiger partial charge in [0, 0.05) is 10.9 Å². The fourth-order valence-corrected chi connectivity index (χ4v) is 3.48. The molecule has 0 spiro atoms. The number of nitrogens with one attached hydrogen (secondary N) is 1. The number of carbonyl (C=O) groups excluding carboxylic acids is 2. The first-order valence-electron chi connectivity index (χ1n) is 7.53. The fraction of sp³-hybridized carbons (Fsp3) is 0.625. The lowest BCUT2D eigenvalue weighted by atomic mass is 9.78. The van der Waals surface area contributed by atoms with Crippen molar-refractivity contribution in [2.75, 3.05) is 6.61 Å². The molecule has 1 aliphatic carbocycles. The molecular formula is C16H23NO3S. The van der Waals surface area contributed by atoms with E-state index in [1.165, 1.54) is 17.8 Å². The van der Waals surface area contributed by atoms with Gasteiger partial charge < -0.3 is 10.1 Å². The topological polar surface area (TPSA) is 55.4 Å². The second-order valence-electron chi connectivity index (χ2n) is 5.86. The molecular weight excluding hydrogens is 286 g/mol. The maximum Gasteiger partial charge on any atom is 0.311 e. The number of amides is 1. The van der Waals surface area contributed by atoms with Gasteiger partial charge in [-0.3, -0.25) is 9.59 Å². The Morgan fingerprint density at radius 3 is 2.90 bits per heavy atom. The van der Waals surface area contributed by atoms with Crippen molar-refractivity contribution in [1.29, 1.82) is 0 Å². The normalized spacial score (nSPS) is 25.3. The van der Waals surface area contributed by atoms with E-state index in [9.17, 15) is 9.59 Å². The second kappa shape index (κ2) is 7.59. The Balaban J connectivity index is 1.70. The Hall–Kier alpha value is -1.36. The zero-order chi connectivity index (χ0) is 15.2. The molecule has 0 aliphatic heterocycles. The summed E-state index contributed by atoms with van der Waals surface area (Å²) in [5, 5.41) is 4.92. The van der Waals surface area contributed by atoms with Crippen LogP contribution in [0.15, 0.2) is 17.5 Å². The van der Waals surface area contributed by atoms with Gasteiger partial charge in [-0.15, -0.1) is 11.3 Å². The molecule has 0 saturated heterocycles. The molecule has 116 valence electrons. The number of rotatable bonds is 5. The molecule has 0 bridgehead atoms. The van der Waals surface area contributed by atoms with Crippen LogP contribution in [0.5, 0.6) is 0 Å². The highest BCUT2D eigenvalue weighted by Crippen LogP contribution is 2.29. The third-order valence-electron chi connectivity index (χ3n) is 4.32. The molecule has 1 aliphatic rings. The number of hydrogen-bond acceptors (Lipinski definition) is 4. The highest BCUT2D eigenvalue weighted by molar-refractivity contribution is 7.10. The number of hydrogen-bond donors (Lipinski definition) is 1. The Bertz CT molecular complexity index is 472. The van der Waals surface area contributed by atoms with Crippen molar-refractivity contribution in [3.05, 3.63) is 22.4 Å². The van der Waals surface area contributed by atoms with Gasteiger partial charge in [-0.2, -0.15) is 0 Å². The molecule has 2 rings (SSSR count). The van der Waals surface area contributed by atoms with Crippen molar-refractivity contribution in [3.63, 3.8) is 0 Å². The van der Waals surface area contributed by atoms with E-state index in [1.54, 1.807) is 0 Å². The Morgan fingerprint density at radius 1 is 1.38 bits per heavy atom. The van der Waals surface area contributed by atoms with Crippen LogP contribution in [0.4, 0.5) is 0 Å². The summed E-state index contributed by atoms with van der Waals surface area (Å²) in [7, 11) is 0. The van der Waals surface area contributed by atoms with Gasteiger partial charge in [0.1, 0.15) is 0 Å². The van der Waals surface area contributed by atoms with Gasteiger partial charge in [0.25, 0.3) is 5.91 Å². The largest absolute Gasteiger partial charge is 0.455 e. The van der Waals surface area contributed by atoms with Gasteiger partial charge in [-0.05, 0) is 29.7 Å². The molecule has 0 unspecified atom stereocenters. The predicted molar refractivity (Wildman–Crippen MR) is 83.1 cm³/mol. The maximum atomic E-state index is 11.9. The summed E-state index contributed by atoms with van der Waals surface area (Å²) in [6.07, 6.45) is 3.63. The van der Waals surface area contributed by atoms with Gasteiger partial charge in [-0.1, -0.05) is 32.8 Å². The molecule has 1 saturated carbocycles. The summed E-state index contributed by atoms with van der Waals surface area (Å²) in [4.78, 5) is 24.5. The third-order valence-corrected chi connectivity index (χ3v) is 5.19. The van der Waals surface area contributed by atoms with Crippen molar-refractivity contribution >= 4 is 23.2 Å². The summed E-state index contributed by atoms with van der Waals surface area (Å²) in [6.45, 7) is 4.23. The molecule has 1 fully saturated rings. The Kier molecular flexibility index (Phi) is 5.79. The average Bonchev–Trinajstić information content (AvgIpc) is 2.94. The van der Waals surface area contributed by atoms with E-state index in [2.05, 4.69) is 19.2 Å². The molecule has 21 heavy (non-hydrogen) atoms. The second-order valence-corrected chi connectivity index (χ2v) is 6.89. The van der Waals surface area contributed by atoms with Crippen LogP contribution in [-0.2, 0) is 20.7 Å². The summed E-state index contributed by atoms with van der Waals surface area (Å²) >= 11 is 1.51. The van der Waals surface area contributed by atoms with Gasteiger partial charge >= 0.3 is 5.97 Å². The lowest BCUT2D eigenvalue weighted by Crippen LogP contribution is -2.45. The smallest absolute Gasteiger partial charge is 0.311 e. The van der Waals surface area contributed by atoms with Gasteiger partial charge in [0.2, 0.25) is 0 Å². The number of esters is 1. The SMILES string of the molecule is C[C@@H]1[C@H](C)CCC[C@@H]1NC(=O)COC(=O)Cc1cccs1. The van der Waals surface area contributed by atoms with E-state index in [0.717, 1.165) is 17.7 Å². The van der Waals surface area contributed by atoms with Crippen LogP contribution in [0.1, 0.15) is 38.0 Å². The number of carbonyl (C=O) groups is 2. The van der Waals surface area contributed by atoms with Crippen LogP contribution in [0.3, 0.4) is 0 Å². The number of thiophene rings is 1. The molecule has 0 aromatic carbocycles. The zero-order valence-corrected chi connectivity index (χ0v) is 13.4. The predicted octanol–water partition coefficient (Wildman–Crippen LogP) is 2.77. The third kappa shape index (κ3) is 4.84. The molecule has 0 radical (unpaired) electrons. The minimum Gasteiger partial charge on any atom is -0.455 e. The average molecular weight is 309 g/mol. The van der Waals surface area contributed by atoms with E-state index in [0.29, 0.717) is 11.8 Å². The fourth-order valence-electron chi connectivity index (χ4n) is 2.79. The van der Waals surface area contributed by atoms with E-state index < -0.39 is 0 Å². The van der Waals surface area contributed by atoms with Crippen molar-refractivity contribution in [3.8, 4) is 0 Å². The standard InChI is InChI=1S/C16H23NO3S/c1-11-5-3-7-14(12(11)2)17-15(18)10-20-16(19)9-13-6-4-8-21-13/h4,6,8,11-12,14H,3,5,7,9-10H2,1-2H3,(H,17,18)/t11-,12-,14+/m1/s1. The summed E-state index contributed by atoms with van der Waals surface area (Å²) < 4.78 is 5.04. The lowest BCUT2D eigenvalue weighted by Gasteiger charge is -2.34. The molecule has 3 atom stereocenters. The van der Waals surface area contributed by atoms with Crippen LogP contribution in [0.25, 0.3) is 0 Å². The van der Waals surface area contributed by atoms with Crippen molar-refractivity contribution < 1.29 is 14.3 Å². The first-order chi connectivity index (χ1) is 10.1. The summed E-state index contributed by atoms with van der Waals surface area (Å²) in [5.74, 6) is 0.563. The van der Waals surface area contributed by atoms with E-state index >= 15 is 0 Å². The molecule has 1 amide bonds. The Morgan fingerprint density at radius 2 is 2.19 bits per heavy atom. The minimum atomic E-state index is -0.349. The molecule has 1 N–H and O–H groups in total. The van der Waals surface area contributed by atoms with Gasteiger partial charge in [-0.25, -0.2) is 0 Å². The Labute approximate surface area is 129 Å². The quantitative estimate of drug-likeness (QED) is 0.851. The first-order valence-corrected chi connectivity index (χ1v) is 8.41. The van der Waals surface area contributed by atoms with Gasteiger partial charge in [0.15, 0.2) is 6.61 Å². The summed E-state index contributed by atoms with van der Waals surface area (Å²) in [5.41, 5.74) is 0. The number of ether oxygens (including phenoxy) is 1. The maximum absolute atomic E-state index is 11.9. The first kappa shape index (κ1) is 16.0. The summed E-state index contributed by atoms with van der Waals surface area (Å²) in [6, 6.07) is 3.99. The van der Waals surface area contributed by atoms with Crippen LogP contribution < -0.4 is 5.32 Å². The highest BCUT2D eigenvalue weighted by Gasteiger charge is 2.28. The van der Waals surface area contributed by atoms with Crippen LogP contribution in [-0.4, -0.2) is 24.5 Å². The van der Waals surface area contributed by atoms with E-state index in [1.807, 2.05) is 17.5 Å². The van der Waals surface area contributed by atoms with Crippen LogP contribution >= 0.6 is 11.3 Å². The van der Waals surface area contributed by atoms with Crippen LogP contribution in [0.2, 0.25) is 0 Å². The molecule has 1 aromatic heterocycles. The van der Waals surface area contributed by atoms with Crippen molar-refractivity contribution in [1.82, 2.24) is 5.32 Å². The molecule has 1 aromatic rings. The van der Waals surface area contributed by atoms with E-state index in [4.69, 9.17) is 4.74 Å². The molecule has 5 heteroatoms. The van der Waals surface area contributed by atoms with Crippen LogP contribution in [0, 0.1) is 11.8 Å². The zero-order valence-electron chi connectivity index (χ0n) is 12.6. The molecule has 1 heterocycles. The monoisotopic (exact) mass is 309 g/mol. The van der Waals surface area contributed by atoms with Crippen molar-refractivity contribution in [2.24, 2.45) is 11.8 Å². The van der Waals surface area contributed by atoms with Crippen molar-refractivity contribution in [2.45, 2.75) is 45.6 Å². The lowest BCUT2D eigenvalue weighted by molar-refractivity contribution is -0.148. The minimum absolute atomic E-state index is 0.179.